The zero-order valence-electron chi connectivity index (χ0n) is 7.21. The van der Waals surface area contributed by atoms with Crippen LogP contribution in [0.5, 0.6) is 0 Å². The number of furan rings is 1. The molecule has 2 heterocycles. The van der Waals surface area contributed by atoms with Crippen molar-refractivity contribution in [3.63, 3.8) is 0 Å². The quantitative estimate of drug-likeness (QED) is 0.471. The van der Waals surface area contributed by atoms with Crippen molar-refractivity contribution in [3.05, 3.63) is 27.3 Å². The Labute approximate surface area is 92.7 Å². The van der Waals surface area contributed by atoms with Gasteiger partial charge in [-0.3, -0.25) is 10.1 Å². The molecule has 2 rings (SSSR count). The molecule has 0 atom stereocenters. The summed E-state index contributed by atoms with van der Waals surface area (Å²) in [6, 6.07) is 2.76. The number of hydrogen-bond donors (Lipinski definition) is 0. The van der Waals surface area contributed by atoms with Gasteiger partial charge in [0.2, 0.25) is 0 Å². The van der Waals surface area contributed by atoms with Gasteiger partial charge in [-0.25, -0.2) is 0 Å². The summed E-state index contributed by atoms with van der Waals surface area (Å²) >= 11 is 6.79. The number of nitrogens with zero attached hydrogens (tertiary/aromatic N) is 3. The van der Waals surface area contributed by atoms with Crippen LogP contribution in [-0.2, 0) is 5.88 Å². The average Bonchev–Trinajstić information content (AvgIpc) is 2.86. The summed E-state index contributed by atoms with van der Waals surface area (Å²) in [5.74, 6) is 0.281. The van der Waals surface area contributed by atoms with Crippen molar-refractivity contribution < 1.29 is 9.34 Å². The molecule has 0 bridgehead atoms. The van der Waals surface area contributed by atoms with E-state index in [1.54, 1.807) is 0 Å². The number of aromatic nitrogens is 2. The first-order chi connectivity index (χ1) is 7.20. The molecule has 0 N–H and O–H groups in total. The molecule has 0 fully saturated rings. The highest BCUT2D eigenvalue weighted by Crippen LogP contribution is 2.28. The standard InChI is InChI=1S/C7H4ClN3O3S/c8-3-5-9-10-7(15-5)4-1-2-6(14-4)11(12)13/h1-2H,3H2. The number of hydrogen-bond acceptors (Lipinski definition) is 6. The summed E-state index contributed by atoms with van der Waals surface area (Å²) in [7, 11) is 0. The summed E-state index contributed by atoms with van der Waals surface area (Å²) in [4.78, 5) is 9.76. The third kappa shape index (κ3) is 1.97. The molecule has 0 aliphatic rings. The van der Waals surface area contributed by atoms with Gasteiger partial charge in [-0.2, -0.15) is 0 Å². The predicted octanol–water partition coefficient (Wildman–Crippen LogP) is 2.45. The van der Waals surface area contributed by atoms with Crippen molar-refractivity contribution >= 4 is 28.8 Å². The molecule has 0 aliphatic carbocycles. The molecule has 2 aromatic heterocycles. The Morgan fingerprint density at radius 3 is 2.87 bits per heavy atom. The molecule has 0 radical (unpaired) electrons. The Morgan fingerprint density at radius 2 is 2.33 bits per heavy atom. The highest BCUT2D eigenvalue weighted by Gasteiger charge is 2.15. The van der Waals surface area contributed by atoms with Crippen LogP contribution in [0.2, 0.25) is 0 Å². The third-order valence-corrected chi connectivity index (χ3v) is 2.91. The lowest BCUT2D eigenvalue weighted by atomic mass is 10.5. The van der Waals surface area contributed by atoms with Crippen LogP contribution in [0.25, 0.3) is 10.8 Å². The van der Waals surface area contributed by atoms with Crippen LogP contribution in [0.3, 0.4) is 0 Å². The number of alkyl halides is 1. The first-order valence-electron chi connectivity index (χ1n) is 3.83. The number of halogens is 1. The minimum atomic E-state index is -0.604. The molecule has 15 heavy (non-hydrogen) atoms. The highest BCUT2D eigenvalue weighted by atomic mass is 35.5. The zero-order chi connectivity index (χ0) is 10.8. The smallest absolute Gasteiger partial charge is 0.398 e. The third-order valence-electron chi connectivity index (χ3n) is 1.56. The van der Waals surface area contributed by atoms with E-state index in [4.69, 9.17) is 16.0 Å². The van der Waals surface area contributed by atoms with E-state index in [1.165, 1.54) is 23.5 Å². The fourth-order valence-corrected chi connectivity index (χ4v) is 1.82. The fraction of sp³-hybridized carbons (Fsp3) is 0.143. The minimum absolute atomic E-state index is 0.264. The Kier molecular flexibility index (Phi) is 2.65. The van der Waals surface area contributed by atoms with Gasteiger partial charge in [0, 0.05) is 0 Å². The Balaban J connectivity index is 2.32. The SMILES string of the molecule is O=[N+]([O-])c1ccc(-c2nnc(CCl)s2)o1. The molecule has 0 aliphatic heterocycles. The van der Waals surface area contributed by atoms with Gasteiger partial charge in [0.15, 0.2) is 10.8 Å². The first kappa shape index (κ1) is 10.1. The molecule has 0 amide bonds. The summed E-state index contributed by atoms with van der Waals surface area (Å²) in [5.41, 5.74) is 0. The van der Waals surface area contributed by atoms with Gasteiger partial charge in [0.25, 0.3) is 0 Å². The topological polar surface area (TPSA) is 82.1 Å². The average molecular weight is 246 g/mol. The lowest BCUT2D eigenvalue weighted by Gasteiger charge is -1.84. The van der Waals surface area contributed by atoms with E-state index in [0.29, 0.717) is 15.8 Å². The molecule has 78 valence electrons. The van der Waals surface area contributed by atoms with E-state index in [0.717, 1.165) is 0 Å². The zero-order valence-corrected chi connectivity index (χ0v) is 8.79. The van der Waals surface area contributed by atoms with E-state index in [9.17, 15) is 10.1 Å². The van der Waals surface area contributed by atoms with Crippen molar-refractivity contribution in [1.29, 1.82) is 0 Å². The highest BCUT2D eigenvalue weighted by molar-refractivity contribution is 7.14. The molecule has 0 aromatic carbocycles. The molecule has 0 saturated heterocycles. The molecular weight excluding hydrogens is 242 g/mol. The van der Waals surface area contributed by atoms with Crippen LogP contribution in [0.4, 0.5) is 5.88 Å². The van der Waals surface area contributed by atoms with E-state index in [2.05, 4.69) is 10.2 Å². The van der Waals surface area contributed by atoms with E-state index >= 15 is 0 Å². The number of rotatable bonds is 3. The monoisotopic (exact) mass is 245 g/mol. The summed E-state index contributed by atoms with van der Waals surface area (Å²) in [6.45, 7) is 0. The van der Waals surface area contributed by atoms with Crippen molar-refractivity contribution in [2.24, 2.45) is 0 Å². The normalized spacial score (nSPS) is 10.5. The van der Waals surface area contributed by atoms with Gasteiger partial charge in [-0.1, -0.05) is 11.3 Å². The van der Waals surface area contributed by atoms with Crippen molar-refractivity contribution in [3.8, 4) is 10.8 Å². The van der Waals surface area contributed by atoms with Crippen LogP contribution in [0.1, 0.15) is 5.01 Å². The fourth-order valence-electron chi connectivity index (χ4n) is 0.948. The van der Waals surface area contributed by atoms with Gasteiger partial charge in [0.05, 0.1) is 11.9 Å². The van der Waals surface area contributed by atoms with E-state index in [-0.39, 0.29) is 11.8 Å². The van der Waals surface area contributed by atoms with Crippen molar-refractivity contribution in [2.75, 3.05) is 0 Å². The molecule has 0 unspecified atom stereocenters. The Hall–Kier alpha value is -1.47. The largest absolute Gasteiger partial charge is 0.433 e. The molecular formula is C7H4ClN3O3S. The van der Waals surface area contributed by atoms with Crippen LogP contribution in [0.15, 0.2) is 16.5 Å². The van der Waals surface area contributed by atoms with Crippen LogP contribution >= 0.6 is 22.9 Å². The molecule has 0 spiro atoms. The minimum Gasteiger partial charge on any atom is -0.398 e. The van der Waals surface area contributed by atoms with Crippen LogP contribution in [0, 0.1) is 10.1 Å². The predicted molar refractivity (Wildman–Crippen MR) is 53.8 cm³/mol. The van der Waals surface area contributed by atoms with Gasteiger partial charge in [-0.05, 0) is 6.07 Å². The van der Waals surface area contributed by atoms with Gasteiger partial charge in [-0.15, -0.1) is 21.8 Å². The maximum Gasteiger partial charge on any atom is 0.433 e. The van der Waals surface area contributed by atoms with Crippen LogP contribution < -0.4 is 0 Å². The molecule has 2 aromatic rings. The van der Waals surface area contributed by atoms with Gasteiger partial charge >= 0.3 is 5.88 Å². The summed E-state index contributed by atoms with van der Waals surface area (Å²) in [6.07, 6.45) is 0. The second kappa shape index (κ2) is 3.95. The maximum atomic E-state index is 10.4. The summed E-state index contributed by atoms with van der Waals surface area (Å²) < 4.78 is 4.95. The molecule has 0 saturated carbocycles. The van der Waals surface area contributed by atoms with Crippen LogP contribution in [-0.4, -0.2) is 15.1 Å². The Bertz CT molecular complexity index is 495. The molecule has 8 heteroatoms. The second-order valence-electron chi connectivity index (χ2n) is 2.53. The van der Waals surface area contributed by atoms with E-state index in [1.807, 2.05) is 0 Å². The lowest BCUT2D eigenvalue weighted by molar-refractivity contribution is -0.401. The van der Waals surface area contributed by atoms with Crippen molar-refractivity contribution in [2.45, 2.75) is 5.88 Å². The maximum absolute atomic E-state index is 10.4. The number of nitro groups is 1. The Morgan fingerprint density at radius 1 is 1.53 bits per heavy atom. The van der Waals surface area contributed by atoms with Gasteiger partial charge in [0.1, 0.15) is 9.93 Å². The summed E-state index contributed by atoms with van der Waals surface area (Å²) in [5, 5.41) is 19.1. The lowest BCUT2D eigenvalue weighted by Crippen LogP contribution is -1.82. The first-order valence-corrected chi connectivity index (χ1v) is 5.18. The second-order valence-corrected chi connectivity index (χ2v) is 3.86. The van der Waals surface area contributed by atoms with Crippen molar-refractivity contribution in [1.82, 2.24) is 10.2 Å². The van der Waals surface area contributed by atoms with Gasteiger partial charge < -0.3 is 4.42 Å². The molecule has 6 nitrogen and oxygen atoms in total. The van der Waals surface area contributed by atoms with E-state index < -0.39 is 4.92 Å².